The van der Waals surface area contributed by atoms with Crippen LogP contribution in [-0.4, -0.2) is 47.2 Å². The third kappa shape index (κ3) is 5.10. The molecule has 1 fully saturated rings. The van der Waals surface area contributed by atoms with Crippen molar-refractivity contribution in [1.29, 1.82) is 0 Å². The Morgan fingerprint density at radius 2 is 2.09 bits per heavy atom. The lowest BCUT2D eigenvalue weighted by atomic mass is 9.99. The highest BCUT2D eigenvalue weighted by Crippen LogP contribution is 2.34. The fourth-order valence-electron chi connectivity index (χ4n) is 4.65. The molecule has 7 heteroatoms. The van der Waals surface area contributed by atoms with Crippen LogP contribution in [0.5, 0.6) is 5.75 Å². The number of aliphatic hydroxyl groups excluding tert-OH is 1. The van der Waals surface area contributed by atoms with E-state index in [-0.39, 0.29) is 41.9 Å². The van der Waals surface area contributed by atoms with Gasteiger partial charge in [-0.1, -0.05) is 37.3 Å². The summed E-state index contributed by atoms with van der Waals surface area (Å²) in [6.45, 7) is 9.01. The van der Waals surface area contributed by atoms with Gasteiger partial charge in [0.25, 0.3) is 0 Å². The number of halogens is 1. The number of hydrogen-bond acceptors (Lipinski definition) is 6. The molecule has 0 bridgehead atoms. The van der Waals surface area contributed by atoms with E-state index in [1.165, 1.54) is 25.4 Å². The molecule has 4 rings (SSSR count). The van der Waals surface area contributed by atoms with Crippen molar-refractivity contribution in [2.75, 3.05) is 25.2 Å². The fourth-order valence-corrected chi connectivity index (χ4v) is 4.65. The lowest BCUT2D eigenvalue weighted by molar-refractivity contribution is 0.0988. The maximum atomic E-state index is 14.6. The average molecular weight is 476 g/mol. The Bertz CT molecular complexity index is 1260. The minimum absolute atomic E-state index is 0.00148. The van der Waals surface area contributed by atoms with Gasteiger partial charge in [0.05, 0.1) is 25.3 Å². The maximum Gasteiger partial charge on any atom is 0.185 e. The first-order valence-electron chi connectivity index (χ1n) is 11.7. The van der Waals surface area contributed by atoms with Crippen molar-refractivity contribution in [3.8, 4) is 17.1 Å². The normalized spacial score (nSPS) is 17.5. The number of allylic oxidation sites excluding steroid dienone is 1. The fraction of sp³-hybridized carbons (Fsp3) is 0.321. The molecule has 0 radical (unpaired) electrons. The number of aliphatic hydroxyl groups is 1. The maximum absolute atomic E-state index is 14.6. The van der Waals surface area contributed by atoms with Gasteiger partial charge in [-0.3, -0.25) is 4.79 Å². The third-order valence-electron chi connectivity index (χ3n) is 6.43. The van der Waals surface area contributed by atoms with Gasteiger partial charge >= 0.3 is 0 Å². The van der Waals surface area contributed by atoms with Gasteiger partial charge in [0.15, 0.2) is 11.6 Å². The molecule has 0 aliphatic carbocycles. The number of rotatable bonds is 8. The number of hydrogen-bond donors (Lipinski definition) is 1. The van der Waals surface area contributed by atoms with Gasteiger partial charge in [0.1, 0.15) is 17.3 Å². The van der Waals surface area contributed by atoms with Gasteiger partial charge in [0, 0.05) is 24.8 Å². The van der Waals surface area contributed by atoms with Crippen LogP contribution in [0, 0.1) is 11.7 Å². The van der Waals surface area contributed by atoms with Gasteiger partial charge in [-0.05, 0) is 54.7 Å². The summed E-state index contributed by atoms with van der Waals surface area (Å²) in [5.74, 6) is 0.0954. The summed E-state index contributed by atoms with van der Waals surface area (Å²) in [5, 5.41) is 9.96. The van der Waals surface area contributed by atoms with E-state index in [1.54, 1.807) is 12.1 Å². The van der Waals surface area contributed by atoms with Gasteiger partial charge < -0.3 is 14.7 Å². The van der Waals surface area contributed by atoms with Crippen LogP contribution in [0.4, 0.5) is 10.1 Å². The Morgan fingerprint density at radius 1 is 1.29 bits per heavy atom. The number of methoxy groups -OCH3 is 1. The molecule has 2 heterocycles. The molecule has 0 unspecified atom stereocenters. The molecule has 182 valence electrons. The van der Waals surface area contributed by atoms with E-state index in [0.717, 1.165) is 35.4 Å². The van der Waals surface area contributed by atoms with E-state index in [0.29, 0.717) is 11.7 Å². The topological polar surface area (TPSA) is 75.5 Å². The second kappa shape index (κ2) is 10.4. The van der Waals surface area contributed by atoms with E-state index >= 15 is 0 Å². The summed E-state index contributed by atoms with van der Waals surface area (Å²) in [4.78, 5) is 24.1. The molecule has 1 aliphatic heterocycles. The second-order valence-electron chi connectivity index (χ2n) is 9.14. The summed E-state index contributed by atoms with van der Waals surface area (Å²) in [7, 11) is 1.45. The number of benzene rings is 2. The number of ketones is 1. The van der Waals surface area contributed by atoms with E-state index in [4.69, 9.17) is 4.74 Å². The molecular weight excluding hydrogens is 445 g/mol. The Kier molecular flexibility index (Phi) is 7.26. The molecule has 6 nitrogen and oxygen atoms in total. The van der Waals surface area contributed by atoms with Crippen molar-refractivity contribution >= 4 is 17.0 Å². The molecule has 35 heavy (non-hydrogen) atoms. The molecule has 1 aliphatic rings. The van der Waals surface area contributed by atoms with Crippen LogP contribution >= 0.6 is 0 Å². The molecule has 1 N–H and O–H groups in total. The van der Waals surface area contributed by atoms with E-state index in [1.807, 2.05) is 25.1 Å². The quantitative estimate of drug-likeness (QED) is 0.465. The number of Topliss-reactive ketones (excluding diaryl/α,β-unsaturated/α-hetero) is 1. The molecule has 0 saturated carbocycles. The molecule has 0 spiro atoms. The van der Waals surface area contributed by atoms with Gasteiger partial charge in [-0.25, -0.2) is 14.4 Å². The van der Waals surface area contributed by atoms with Crippen LogP contribution in [0.3, 0.4) is 0 Å². The summed E-state index contributed by atoms with van der Waals surface area (Å²) in [5.41, 5.74) is 4.00. The summed E-state index contributed by atoms with van der Waals surface area (Å²) >= 11 is 0. The molecule has 2 aromatic carbocycles. The molecular formula is C28H30FN3O3. The highest BCUT2D eigenvalue weighted by molar-refractivity contribution is 5.97. The van der Waals surface area contributed by atoms with Gasteiger partial charge in [-0.15, -0.1) is 0 Å². The lowest BCUT2D eigenvalue weighted by Crippen LogP contribution is -2.33. The van der Waals surface area contributed by atoms with Gasteiger partial charge in [-0.2, -0.15) is 0 Å². The zero-order valence-electron chi connectivity index (χ0n) is 20.3. The molecule has 1 aromatic heterocycles. The largest absolute Gasteiger partial charge is 0.496 e. The van der Waals surface area contributed by atoms with Crippen LogP contribution in [-0.2, 0) is 6.42 Å². The number of nitrogens with zero attached hydrogens (tertiary/aromatic N) is 3. The Labute approximate surface area is 205 Å². The smallest absolute Gasteiger partial charge is 0.185 e. The number of carbonyl (C=O) groups is 1. The number of anilines is 1. The molecule has 2 atom stereocenters. The number of carbonyl (C=O) groups excluding carboxylic acids is 1. The summed E-state index contributed by atoms with van der Waals surface area (Å²) < 4.78 is 19.8. The predicted octanol–water partition coefficient (Wildman–Crippen LogP) is 4.96. The molecule has 3 aromatic rings. The standard InChI is InChI=1S/C28H30FN3O3/c1-17(2)19-8-9-20(24(13-19)32-15-18(3)12-21(32)16-33)14-25(34)23-10-11-30-28(31-23)27-22(29)6-5-7-26(27)35-4/h5-11,13,18,21,33H,1,12,14-16H2,2-4H3/t18-,21-/m0/s1. The predicted molar refractivity (Wildman–Crippen MR) is 135 cm³/mol. The van der Waals surface area contributed by atoms with E-state index in [9.17, 15) is 14.3 Å². The van der Waals surface area contributed by atoms with Crippen LogP contribution in [0.15, 0.2) is 55.2 Å². The first-order chi connectivity index (χ1) is 16.8. The monoisotopic (exact) mass is 475 g/mol. The van der Waals surface area contributed by atoms with Crippen LogP contribution in [0.1, 0.15) is 41.9 Å². The lowest BCUT2D eigenvalue weighted by Gasteiger charge is -2.28. The highest BCUT2D eigenvalue weighted by Gasteiger charge is 2.31. The Balaban J connectivity index is 1.68. The zero-order chi connectivity index (χ0) is 25.1. The van der Waals surface area contributed by atoms with Crippen LogP contribution in [0.25, 0.3) is 17.0 Å². The van der Waals surface area contributed by atoms with Crippen molar-refractivity contribution in [3.05, 3.63) is 77.9 Å². The van der Waals surface area contributed by atoms with Crippen LogP contribution < -0.4 is 9.64 Å². The SMILES string of the molecule is C=C(C)c1ccc(CC(=O)c2ccnc(-c3c(F)cccc3OC)n2)c(N2C[C@@H](C)C[C@H]2CO)c1. The van der Waals surface area contributed by atoms with E-state index in [2.05, 4.69) is 28.4 Å². The van der Waals surface area contributed by atoms with Crippen LogP contribution in [0.2, 0.25) is 0 Å². The Morgan fingerprint density at radius 3 is 2.80 bits per heavy atom. The van der Waals surface area contributed by atoms with Crippen molar-refractivity contribution in [2.45, 2.75) is 32.7 Å². The highest BCUT2D eigenvalue weighted by atomic mass is 19.1. The minimum atomic E-state index is -0.523. The Hall–Kier alpha value is -3.58. The van der Waals surface area contributed by atoms with Crippen molar-refractivity contribution in [1.82, 2.24) is 9.97 Å². The molecule has 1 saturated heterocycles. The summed E-state index contributed by atoms with van der Waals surface area (Å²) in [6, 6.07) is 11.9. The molecule has 0 amide bonds. The van der Waals surface area contributed by atoms with Gasteiger partial charge in [0.2, 0.25) is 0 Å². The zero-order valence-corrected chi connectivity index (χ0v) is 20.3. The first kappa shape index (κ1) is 24.5. The first-order valence-corrected chi connectivity index (χ1v) is 11.7. The second-order valence-corrected chi connectivity index (χ2v) is 9.14. The average Bonchev–Trinajstić information content (AvgIpc) is 3.24. The van der Waals surface area contributed by atoms with Crippen molar-refractivity contribution < 1.29 is 19.0 Å². The third-order valence-corrected chi connectivity index (χ3v) is 6.43. The number of ether oxygens (including phenoxy) is 1. The number of aromatic nitrogens is 2. The summed E-state index contributed by atoms with van der Waals surface area (Å²) in [6.07, 6.45) is 2.46. The van der Waals surface area contributed by atoms with Crippen molar-refractivity contribution in [2.24, 2.45) is 5.92 Å². The van der Waals surface area contributed by atoms with Crippen molar-refractivity contribution in [3.63, 3.8) is 0 Å². The van der Waals surface area contributed by atoms with E-state index < -0.39 is 5.82 Å². The minimum Gasteiger partial charge on any atom is -0.496 e.